The molecule has 1 aromatic heterocycles. The fraction of sp³-hybridized carbons (Fsp3) is 0.312. The number of aliphatic carboxylic acids is 1. The summed E-state index contributed by atoms with van der Waals surface area (Å²) in [5.74, 6) is -1.44. The molecule has 3 rings (SSSR count). The van der Waals surface area contributed by atoms with Gasteiger partial charge in [0.25, 0.3) is 5.91 Å². The Kier molecular flexibility index (Phi) is 3.33. The Labute approximate surface area is 122 Å². The molecular weight excluding hydrogens is 268 g/mol. The molecule has 0 saturated carbocycles. The van der Waals surface area contributed by atoms with Gasteiger partial charge in [0.15, 0.2) is 0 Å². The van der Waals surface area contributed by atoms with Gasteiger partial charge >= 0.3 is 5.97 Å². The third-order valence-corrected chi connectivity index (χ3v) is 4.07. The van der Waals surface area contributed by atoms with E-state index in [9.17, 15) is 9.59 Å². The van der Waals surface area contributed by atoms with E-state index >= 15 is 0 Å². The van der Waals surface area contributed by atoms with Crippen molar-refractivity contribution >= 4 is 22.8 Å². The first-order valence-electron chi connectivity index (χ1n) is 6.93. The van der Waals surface area contributed by atoms with Crippen LogP contribution in [0.2, 0.25) is 0 Å². The van der Waals surface area contributed by atoms with E-state index in [4.69, 9.17) is 5.11 Å². The van der Waals surface area contributed by atoms with Crippen LogP contribution in [0.25, 0.3) is 10.9 Å². The Balaban J connectivity index is 1.86. The van der Waals surface area contributed by atoms with Gasteiger partial charge in [-0.05, 0) is 30.2 Å². The molecule has 1 aliphatic heterocycles. The average Bonchev–Trinajstić information content (AvgIpc) is 2.88. The lowest BCUT2D eigenvalue weighted by Gasteiger charge is -2.16. The summed E-state index contributed by atoms with van der Waals surface area (Å²) >= 11 is 0. The highest BCUT2D eigenvalue weighted by Gasteiger charge is 2.37. The number of benzene rings is 1. The standard InChI is InChI=1S/C16H16N2O3/c1-10-8-18(9-13(10)16(20)21)15(19)12-4-5-14-11(7-12)3-2-6-17-14/h2-7,10,13H,8-9H2,1H3,(H,20,21)/t10-,13-/m1/s1. The summed E-state index contributed by atoms with van der Waals surface area (Å²) in [6.07, 6.45) is 1.71. The molecule has 21 heavy (non-hydrogen) atoms. The normalized spacial score (nSPS) is 21.7. The lowest BCUT2D eigenvalue weighted by atomic mass is 9.99. The lowest BCUT2D eigenvalue weighted by Crippen LogP contribution is -2.29. The van der Waals surface area contributed by atoms with Crippen LogP contribution in [0.4, 0.5) is 0 Å². The van der Waals surface area contributed by atoms with Gasteiger partial charge in [0.2, 0.25) is 0 Å². The first-order chi connectivity index (χ1) is 10.1. The maximum Gasteiger partial charge on any atom is 0.308 e. The Morgan fingerprint density at radius 3 is 2.81 bits per heavy atom. The lowest BCUT2D eigenvalue weighted by molar-refractivity contribution is -0.142. The summed E-state index contributed by atoms with van der Waals surface area (Å²) in [5.41, 5.74) is 1.42. The largest absolute Gasteiger partial charge is 0.481 e. The van der Waals surface area contributed by atoms with Gasteiger partial charge in [0.05, 0.1) is 11.4 Å². The molecule has 0 bridgehead atoms. The van der Waals surface area contributed by atoms with E-state index < -0.39 is 11.9 Å². The van der Waals surface area contributed by atoms with Crippen LogP contribution in [0.3, 0.4) is 0 Å². The van der Waals surface area contributed by atoms with Crippen LogP contribution in [-0.2, 0) is 4.79 Å². The van der Waals surface area contributed by atoms with Crippen LogP contribution in [0.1, 0.15) is 17.3 Å². The van der Waals surface area contributed by atoms with Crippen molar-refractivity contribution in [3.05, 3.63) is 42.1 Å². The minimum atomic E-state index is -0.833. The molecule has 0 aliphatic carbocycles. The number of carbonyl (C=O) groups is 2. The number of rotatable bonds is 2. The van der Waals surface area contributed by atoms with E-state index in [2.05, 4.69) is 4.98 Å². The Morgan fingerprint density at radius 1 is 1.29 bits per heavy atom. The van der Waals surface area contributed by atoms with Gasteiger partial charge < -0.3 is 10.0 Å². The van der Waals surface area contributed by atoms with Gasteiger partial charge in [0.1, 0.15) is 0 Å². The van der Waals surface area contributed by atoms with Gasteiger partial charge in [0, 0.05) is 30.2 Å². The van der Waals surface area contributed by atoms with E-state index in [1.165, 1.54) is 0 Å². The monoisotopic (exact) mass is 284 g/mol. The summed E-state index contributed by atoms with van der Waals surface area (Å²) in [6, 6.07) is 9.11. The van der Waals surface area contributed by atoms with Crippen molar-refractivity contribution in [2.24, 2.45) is 11.8 Å². The molecule has 2 atom stereocenters. The van der Waals surface area contributed by atoms with Gasteiger partial charge in [-0.15, -0.1) is 0 Å². The third-order valence-electron chi connectivity index (χ3n) is 4.07. The fourth-order valence-corrected chi connectivity index (χ4v) is 2.85. The molecule has 108 valence electrons. The van der Waals surface area contributed by atoms with E-state index in [-0.39, 0.29) is 18.4 Å². The first-order valence-corrected chi connectivity index (χ1v) is 6.93. The van der Waals surface area contributed by atoms with E-state index in [0.717, 1.165) is 10.9 Å². The maximum absolute atomic E-state index is 12.5. The zero-order chi connectivity index (χ0) is 15.0. The number of fused-ring (bicyclic) bond motifs is 1. The number of hydrogen-bond acceptors (Lipinski definition) is 3. The first kappa shape index (κ1) is 13.5. The highest BCUT2D eigenvalue weighted by molar-refractivity contribution is 5.98. The Bertz CT molecular complexity index is 713. The van der Waals surface area contributed by atoms with Crippen molar-refractivity contribution in [2.45, 2.75) is 6.92 Å². The molecule has 1 aliphatic rings. The molecule has 5 heteroatoms. The molecule has 2 heterocycles. The quantitative estimate of drug-likeness (QED) is 0.916. The third kappa shape index (κ3) is 2.46. The average molecular weight is 284 g/mol. The Morgan fingerprint density at radius 2 is 2.10 bits per heavy atom. The minimum Gasteiger partial charge on any atom is -0.481 e. The molecular formula is C16H16N2O3. The predicted octanol–water partition coefficient (Wildman–Crippen LogP) is 2.03. The van der Waals surface area contributed by atoms with Crippen LogP contribution in [0, 0.1) is 11.8 Å². The van der Waals surface area contributed by atoms with E-state index in [1.807, 2.05) is 31.2 Å². The molecule has 0 unspecified atom stereocenters. The summed E-state index contributed by atoms with van der Waals surface area (Å²) in [5, 5.41) is 10.1. The Hall–Kier alpha value is -2.43. The number of carboxylic acids is 1. The van der Waals surface area contributed by atoms with Crippen molar-refractivity contribution in [3.63, 3.8) is 0 Å². The van der Waals surface area contributed by atoms with Crippen LogP contribution < -0.4 is 0 Å². The topological polar surface area (TPSA) is 70.5 Å². The number of likely N-dealkylation sites (tertiary alicyclic amines) is 1. The zero-order valence-electron chi connectivity index (χ0n) is 11.7. The second-order valence-corrected chi connectivity index (χ2v) is 5.54. The number of hydrogen-bond donors (Lipinski definition) is 1. The molecule has 1 N–H and O–H groups in total. The van der Waals surface area contributed by atoms with Crippen LogP contribution in [0.15, 0.2) is 36.5 Å². The molecule has 2 aromatic rings. The molecule has 5 nitrogen and oxygen atoms in total. The highest BCUT2D eigenvalue weighted by Crippen LogP contribution is 2.25. The summed E-state index contributed by atoms with van der Waals surface area (Å²) in [4.78, 5) is 29.5. The van der Waals surface area contributed by atoms with Crippen molar-refractivity contribution in [1.29, 1.82) is 0 Å². The fourth-order valence-electron chi connectivity index (χ4n) is 2.85. The van der Waals surface area contributed by atoms with Crippen LogP contribution in [0.5, 0.6) is 0 Å². The van der Waals surface area contributed by atoms with Gasteiger partial charge in [-0.3, -0.25) is 14.6 Å². The van der Waals surface area contributed by atoms with Gasteiger partial charge in [-0.1, -0.05) is 13.0 Å². The van der Waals surface area contributed by atoms with E-state index in [1.54, 1.807) is 17.2 Å². The van der Waals surface area contributed by atoms with Crippen molar-refractivity contribution in [2.75, 3.05) is 13.1 Å². The van der Waals surface area contributed by atoms with Crippen LogP contribution >= 0.6 is 0 Å². The number of carbonyl (C=O) groups excluding carboxylic acids is 1. The van der Waals surface area contributed by atoms with Gasteiger partial charge in [-0.25, -0.2) is 0 Å². The van der Waals surface area contributed by atoms with Crippen molar-refractivity contribution in [1.82, 2.24) is 9.88 Å². The van der Waals surface area contributed by atoms with Gasteiger partial charge in [-0.2, -0.15) is 0 Å². The predicted molar refractivity (Wildman–Crippen MR) is 77.9 cm³/mol. The molecule has 0 spiro atoms. The number of carboxylic acid groups (broad SMARTS) is 1. The van der Waals surface area contributed by atoms with Crippen molar-refractivity contribution < 1.29 is 14.7 Å². The van der Waals surface area contributed by atoms with Crippen LogP contribution in [-0.4, -0.2) is 40.0 Å². The summed E-state index contributed by atoms with van der Waals surface area (Å²) in [6.45, 7) is 2.64. The molecule has 1 aromatic carbocycles. The van der Waals surface area contributed by atoms with Crippen molar-refractivity contribution in [3.8, 4) is 0 Å². The summed E-state index contributed by atoms with van der Waals surface area (Å²) < 4.78 is 0. The number of pyridine rings is 1. The number of aromatic nitrogens is 1. The second-order valence-electron chi connectivity index (χ2n) is 5.54. The van der Waals surface area contributed by atoms with E-state index in [0.29, 0.717) is 12.1 Å². The summed E-state index contributed by atoms with van der Waals surface area (Å²) in [7, 11) is 0. The maximum atomic E-state index is 12.5. The zero-order valence-corrected chi connectivity index (χ0v) is 11.7. The molecule has 1 fully saturated rings. The molecule has 0 radical (unpaired) electrons. The molecule has 1 saturated heterocycles. The SMILES string of the molecule is C[C@@H]1CN(C(=O)c2ccc3ncccc3c2)C[C@H]1C(=O)O. The second kappa shape index (κ2) is 5.16. The smallest absolute Gasteiger partial charge is 0.308 e. The highest BCUT2D eigenvalue weighted by atomic mass is 16.4. The molecule has 1 amide bonds. The number of amides is 1. The minimum absolute atomic E-state index is 0.0198. The number of nitrogens with zero attached hydrogens (tertiary/aromatic N) is 2.